The maximum Gasteiger partial charge on any atom is 0.338 e. The highest BCUT2D eigenvalue weighted by atomic mass is 16.5. The lowest BCUT2D eigenvalue weighted by Crippen LogP contribution is -2.31. The Balaban J connectivity index is 1.60. The molecule has 1 amide bonds. The van der Waals surface area contributed by atoms with Gasteiger partial charge < -0.3 is 14.6 Å². The summed E-state index contributed by atoms with van der Waals surface area (Å²) in [5, 5.41) is 2.78. The molecule has 0 spiro atoms. The van der Waals surface area contributed by atoms with Crippen LogP contribution in [-0.2, 0) is 16.1 Å². The van der Waals surface area contributed by atoms with E-state index in [-0.39, 0.29) is 29.6 Å². The summed E-state index contributed by atoms with van der Waals surface area (Å²) in [6, 6.07) is 14.7. The zero-order chi connectivity index (χ0) is 21.7. The van der Waals surface area contributed by atoms with Gasteiger partial charge in [-0.2, -0.15) is 0 Å². The van der Waals surface area contributed by atoms with Gasteiger partial charge in [-0.15, -0.1) is 0 Å². The Morgan fingerprint density at radius 1 is 1.17 bits per heavy atom. The molecule has 0 aliphatic rings. The van der Waals surface area contributed by atoms with E-state index in [0.717, 1.165) is 5.56 Å². The number of carbonyl (C=O) groups excluding carboxylic acids is 2. The van der Waals surface area contributed by atoms with Crippen molar-refractivity contribution in [2.24, 2.45) is 0 Å². The lowest BCUT2D eigenvalue weighted by molar-refractivity contribution is -0.124. The quantitative estimate of drug-likeness (QED) is 0.608. The molecule has 3 aromatic rings. The van der Waals surface area contributed by atoms with Crippen molar-refractivity contribution in [3.05, 3.63) is 75.7 Å². The first-order chi connectivity index (χ1) is 14.4. The van der Waals surface area contributed by atoms with Crippen molar-refractivity contribution in [2.45, 2.75) is 33.2 Å². The standard InChI is InChI=1S/C23H25N3O4/c1-4-26-20-11-10-18(12-19(20)25-16(3)22(26)28)23(29)30-14-21(27)24-13-15(2)17-8-6-5-7-9-17/h5-12,15H,4,13-14H2,1-3H3,(H,24,27)/t15-/m1/s1. The van der Waals surface area contributed by atoms with Crippen LogP contribution in [0, 0.1) is 6.92 Å². The predicted molar refractivity (Wildman–Crippen MR) is 115 cm³/mol. The Kier molecular flexibility index (Phi) is 6.61. The molecule has 0 saturated heterocycles. The minimum Gasteiger partial charge on any atom is -0.452 e. The summed E-state index contributed by atoms with van der Waals surface area (Å²) in [5.74, 6) is -0.825. The summed E-state index contributed by atoms with van der Waals surface area (Å²) >= 11 is 0. The van der Waals surface area contributed by atoms with Gasteiger partial charge in [0.15, 0.2) is 6.61 Å². The number of amides is 1. The number of aromatic nitrogens is 2. The van der Waals surface area contributed by atoms with Crippen LogP contribution < -0.4 is 10.9 Å². The second-order valence-corrected chi connectivity index (χ2v) is 7.14. The number of ether oxygens (including phenoxy) is 1. The molecule has 0 unspecified atom stereocenters. The van der Waals surface area contributed by atoms with Crippen molar-refractivity contribution >= 4 is 22.9 Å². The van der Waals surface area contributed by atoms with Crippen LogP contribution in [-0.4, -0.2) is 34.6 Å². The van der Waals surface area contributed by atoms with E-state index in [9.17, 15) is 14.4 Å². The van der Waals surface area contributed by atoms with Gasteiger partial charge in [-0.25, -0.2) is 9.78 Å². The van der Waals surface area contributed by atoms with E-state index < -0.39 is 5.97 Å². The molecule has 7 heteroatoms. The van der Waals surface area contributed by atoms with Crippen LogP contribution >= 0.6 is 0 Å². The van der Waals surface area contributed by atoms with E-state index in [1.807, 2.05) is 44.2 Å². The molecule has 0 fully saturated rings. The maximum absolute atomic E-state index is 12.4. The average molecular weight is 407 g/mol. The molecule has 0 saturated carbocycles. The summed E-state index contributed by atoms with van der Waals surface area (Å²) in [6.45, 7) is 6.12. The summed E-state index contributed by atoms with van der Waals surface area (Å²) in [4.78, 5) is 40.9. The zero-order valence-electron chi connectivity index (χ0n) is 17.3. The molecule has 0 radical (unpaired) electrons. The number of fused-ring (bicyclic) bond motifs is 1. The second-order valence-electron chi connectivity index (χ2n) is 7.14. The first kappa shape index (κ1) is 21.2. The molecule has 3 rings (SSSR count). The Hall–Kier alpha value is -3.48. The number of hydrogen-bond donors (Lipinski definition) is 1. The van der Waals surface area contributed by atoms with E-state index in [0.29, 0.717) is 29.8 Å². The van der Waals surface area contributed by atoms with Gasteiger partial charge >= 0.3 is 5.97 Å². The molecule has 1 heterocycles. The van der Waals surface area contributed by atoms with Gasteiger partial charge in [-0.05, 0) is 43.5 Å². The highest BCUT2D eigenvalue weighted by Gasteiger charge is 2.14. The Morgan fingerprint density at radius 3 is 2.60 bits per heavy atom. The van der Waals surface area contributed by atoms with Gasteiger partial charge in [-0.1, -0.05) is 37.3 Å². The maximum atomic E-state index is 12.4. The van der Waals surface area contributed by atoms with Crippen LogP contribution in [0.15, 0.2) is 53.3 Å². The monoisotopic (exact) mass is 407 g/mol. The van der Waals surface area contributed by atoms with Crippen molar-refractivity contribution in [3.8, 4) is 0 Å². The number of hydrogen-bond acceptors (Lipinski definition) is 5. The topological polar surface area (TPSA) is 90.3 Å². The van der Waals surface area contributed by atoms with Crippen LogP contribution in [0.4, 0.5) is 0 Å². The van der Waals surface area contributed by atoms with Gasteiger partial charge in [0, 0.05) is 13.1 Å². The summed E-state index contributed by atoms with van der Waals surface area (Å²) in [5.41, 5.74) is 2.80. The molecule has 7 nitrogen and oxygen atoms in total. The third kappa shape index (κ3) is 4.74. The number of benzene rings is 2. The fourth-order valence-electron chi connectivity index (χ4n) is 3.25. The smallest absolute Gasteiger partial charge is 0.338 e. The number of esters is 1. The zero-order valence-corrected chi connectivity index (χ0v) is 17.3. The van der Waals surface area contributed by atoms with Crippen LogP contribution in [0.5, 0.6) is 0 Å². The van der Waals surface area contributed by atoms with Gasteiger partial charge in [-0.3, -0.25) is 9.59 Å². The Bertz CT molecular complexity index is 1120. The average Bonchev–Trinajstić information content (AvgIpc) is 2.77. The second kappa shape index (κ2) is 9.35. The fraction of sp³-hybridized carbons (Fsp3) is 0.304. The molecule has 1 N–H and O–H groups in total. The van der Waals surface area contributed by atoms with E-state index >= 15 is 0 Å². The van der Waals surface area contributed by atoms with E-state index in [4.69, 9.17) is 4.74 Å². The Morgan fingerprint density at radius 2 is 1.90 bits per heavy atom. The highest BCUT2D eigenvalue weighted by molar-refractivity contribution is 5.94. The third-order valence-electron chi connectivity index (χ3n) is 4.97. The summed E-state index contributed by atoms with van der Waals surface area (Å²) in [6.07, 6.45) is 0. The minimum absolute atomic E-state index is 0.150. The van der Waals surface area contributed by atoms with E-state index in [2.05, 4.69) is 10.3 Å². The van der Waals surface area contributed by atoms with Crippen molar-refractivity contribution in [3.63, 3.8) is 0 Å². The molecule has 0 bridgehead atoms. The molecule has 1 atom stereocenters. The van der Waals surface area contributed by atoms with Crippen molar-refractivity contribution in [2.75, 3.05) is 13.2 Å². The van der Waals surface area contributed by atoms with Crippen LogP contribution in [0.2, 0.25) is 0 Å². The van der Waals surface area contributed by atoms with Crippen molar-refractivity contribution in [1.29, 1.82) is 0 Å². The Labute approximate surface area is 174 Å². The lowest BCUT2D eigenvalue weighted by atomic mass is 10.0. The summed E-state index contributed by atoms with van der Waals surface area (Å²) in [7, 11) is 0. The normalized spacial score (nSPS) is 11.8. The number of nitrogens with one attached hydrogen (secondary N) is 1. The van der Waals surface area contributed by atoms with Crippen LogP contribution in [0.3, 0.4) is 0 Å². The molecular formula is C23H25N3O4. The number of carbonyl (C=O) groups is 2. The minimum atomic E-state index is -0.614. The third-order valence-corrected chi connectivity index (χ3v) is 4.97. The molecule has 0 aliphatic heterocycles. The summed E-state index contributed by atoms with van der Waals surface area (Å²) < 4.78 is 6.75. The highest BCUT2D eigenvalue weighted by Crippen LogP contribution is 2.15. The lowest BCUT2D eigenvalue weighted by Gasteiger charge is -2.13. The molecule has 30 heavy (non-hydrogen) atoms. The van der Waals surface area contributed by atoms with E-state index in [1.165, 1.54) is 0 Å². The van der Waals surface area contributed by atoms with E-state index in [1.54, 1.807) is 29.7 Å². The molecule has 1 aromatic heterocycles. The predicted octanol–water partition coefficient (Wildman–Crippen LogP) is 2.80. The van der Waals surface area contributed by atoms with Gasteiger partial charge in [0.05, 0.1) is 16.6 Å². The first-order valence-corrected chi connectivity index (χ1v) is 9.90. The van der Waals surface area contributed by atoms with Gasteiger partial charge in [0.1, 0.15) is 5.69 Å². The molecule has 156 valence electrons. The van der Waals surface area contributed by atoms with Gasteiger partial charge in [0.2, 0.25) is 0 Å². The first-order valence-electron chi connectivity index (χ1n) is 9.90. The SMILES string of the molecule is CCn1c(=O)c(C)nc2cc(C(=O)OCC(=O)NC[C@@H](C)c3ccccc3)ccc21. The fourth-order valence-corrected chi connectivity index (χ4v) is 3.25. The van der Waals surface area contributed by atoms with Crippen molar-refractivity contribution in [1.82, 2.24) is 14.9 Å². The number of rotatable bonds is 7. The largest absolute Gasteiger partial charge is 0.452 e. The van der Waals surface area contributed by atoms with Crippen LogP contribution in [0.25, 0.3) is 11.0 Å². The number of aryl methyl sites for hydroxylation is 2. The van der Waals surface area contributed by atoms with Crippen LogP contribution in [0.1, 0.15) is 41.4 Å². The molecule has 0 aliphatic carbocycles. The van der Waals surface area contributed by atoms with Crippen molar-refractivity contribution < 1.29 is 14.3 Å². The van der Waals surface area contributed by atoms with Gasteiger partial charge in [0.25, 0.3) is 11.5 Å². The number of nitrogens with zero attached hydrogens (tertiary/aromatic N) is 2. The molecule has 2 aromatic carbocycles. The molecular weight excluding hydrogens is 382 g/mol.